The lowest BCUT2D eigenvalue weighted by Crippen LogP contribution is -2.41. The fourth-order valence-corrected chi connectivity index (χ4v) is 1.78. The number of nitrogens with zero attached hydrogens (tertiary/aromatic N) is 1. The van der Waals surface area contributed by atoms with Crippen molar-refractivity contribution in [1.29, 1.82) is 0 Å². The van der Waals surface area contributed by atoms with Crippen LogP contribution in [0.1, 0.15) is 39.2 Å². The summed E-state index contributed by atoms with van der Waals surface area (Å²) >= 11 is 6.09. The van der Waals surface area contributed by atoms with Crippen molar-refractivity contribution in [3.05, 3.63) is 28.8 Å². The molecule has 0 radical (unpaired) electrons. The Bertz CT molecular complexity index is 576. The molecule has 0 saturated carbocycles. The van der Waals surface area contributed by atoms with Gasteiger partial charge in [0, 0.05) is 6.04 Å². The van der Waals surface area contributed by atoms with Crippen LogP contribution in [0.25, 0.3) is 0 Å². The Morgan fingerprint density at radius 3 is 2.70 bits per heavy atom. The molecule has 1 aromatic carbocycles. The van der Waals surface area contributed by atoms with Gasteiger partial charge in [0.05, 0.1) is 17.8 Å². The highest BCUT2D eigenvalue weighted by atomic mass is 35.5. The summed E-state index contributed by atoms with van der Waals surface area (Å²) in [6.07, 6.45) is 3.04. The number of carbonyl (C=O) groups excluding carboxylic acids is 2. The largest absolute Gasteiger partial charge is 0.492 e. The number of hydrazone groups is 1. The third kappa shape index (κ3) is 6.69. The Labute approximate surface area is 141 Å². The van der Waals surface area contributed by atoms with Gasteiger partial charge in [-0.3, -0.25) is 9.59 Å². The van der Waals surface area contributed by atoms with E-state index in [-0.39, 0.29) is 6.04 Å². The van der Waals surface area contributed by atoms with Crippen LogP contribution in [0.2, 0.25) is 5.02 Å². The second-order valence-corrected chi connectivity index (χ2v) is 5.43. The maximum atomic E-state index is 11.5. The smallest absolute Gasteiger partial charge is 0.329 e. The topological polar surface area (TPSA) is 79.8 Å². The lowest BCUT2D eigenvalue weighted by Gasteiger charge is -2.09. The van der Waals surface area contributed by atoms with E-state index in [4.69, 9.17) is 16.3 Å². The summed E-state index contributed by atoms with van der Waals surface area (Å²) in [4.78, 5) is 23.1. The normalized spacial score (nSPS) is 12.0. The summed E-state index contributed by atoms with van der Waals surface area (Å²) in [5.41, 5.74) is 2.85. The number of ether oxygens (including phenoxy) is 1. The van der Waals surface area contributed by atoms with Crippen molar-refractivity contribution < 1.29 is 14.3 Å². The second-order valence-electron chi connectivity index (χ2n) is 5.02. The third-order valence-corrected chi connectivity index (χ3v) is 3.29. The number of halogens is 1. The highest BCUT2D eigenvalue weighted by molar-refractivity contribution is 6.35. The van der Waals surface area contributed by atoms with Crippen LogP contribution in [0.15, 0.2) is 23.3 Å². The summed E-state index contributed by atoms with van der Waals surface area (Å²) in [5.74, 6) is -0.920. The molecule has 2 amide bonds. The monoisotopic (exact) mass is 339 g/mol. The Morgan fingerprint density at radius 2 is 2.09 bits per heavy atom. The van der Waals surface area contributed by atoms with Crippen LogP contribution in [-0.4, -0.2) is 30.7 Å². The van der Waals surface area contributed by atoms with Crippen molar-refractivity contribution in [3.8, 4) is 5.75 Å². The van der Waals surface area contributed by atoms with Gasteiger partial charge in [-0.25, -0.2) is 5.43 Å². The van der Waals surface area contributed by atoms with Gasteiger partial charge < -0.3 is 10.1 Å². The van der Waals surface area contributed by atoms with Crippen molar-refractivity contribution in [1.82, 2.24) is 10.7 Å². The number of amides is 2. The van der Waals surface area contributed by atoms with Gasteiger partial charge >= 0.3 is 11.8 Å². The van der Waals surface area contributed by atoms with Crippen LogP contribution in [0, 0.1) is 0 Å². The molecule has 0 spiro atoms. The molecule has 0 aromatic heterocycles. The summed E-state index contributed by atoms with van der Waals surface area (Å²) in [6, 6.07) is 5.09. The van der Waals surface area contributed by atoms with E-state index in [0.717, 1.165) is 12.8 Å². The van der Waals surface area contributed by atoms with E-state index < -0.39 is 11.8 Å². The molecule has 0 aliphatic heterocycles. The first-order chi connectivity index (χ1) is 11.0. The SMILES string of the molecule is CCCOc1ccc(/C=N\NC(=O)C(=O)N[C@H](C)CC)cc1Cl. The standard InChI is InChI=1S/C16H22ClN3O3/c1-4-8-23-14-7-6-12(9-13(14)17)10-18-20-16(22)15(21)19-11(3)5-2/h6-7,9-11H,4-5,8H2,1-3H3,(H,19,21)(H,20,22)/b18-10-/t11-/m1/s1. The zero-order chi connectivity index (χ0) is 17.2. The van der Waals surface area contributed by atoms with Gasteiger partial charge in [0.15, 0.2) is 0 Å². The number of hydrogen-bond donors (Lipinski definition) is 2. The molecule has 0 bridgehead atoms. The zero-order valence-corrected chi connectivity index (χ0v) is 14.3. The Hall–Kier alpha value is -2.08. The fourth-order valence-electron chi connectivity index (χ4n) is 1.53. The molecule has 1 aromatic rings. The van der Waals surface area contributed by atoms with Crippen molar-refractivity contribution in [2.24, 2.45) is 5.10 Å². The average Bonchev–Trinajstić information content (AvgIpc) is 2.53. The molecule has 2 N–H and O–H groups in total. The number of carbonyl (C=O) groups is 2. The summed E-state index contributed by atoms with van der Waals surface area (Å²) in [7, 11) is 0. The molecule has 0 aliphatic carbocycles. The predicted molar refractivity (Wildman–Crippen MR) is 90.9 cm³/mol. The molecule has 0 aliphatic rings. The highest BCUT2D eigenvalue weighted by Crippen LogP contribution is 2.24. The van der Waals surface area contributed by atoms with Crippen molar-refractivity contribution in [2.45, 2.75) is 39.7 Å². The lowest BCUT2D eigenvalue weighted by molar-refractivity contribution is -0.139. The first kappa shape index (κ1) is 19.0. The van der Waals surface area contributed by atoms with E-state index in [9.17, 15) is 9.59 Å². The Kier molecular flexibility index (Phi) is 8.11. The predicted octanol–water partition coefficient (Wildman–Crippen LogP) is 2.49. The van der Waals surface area contributed by atoms with Crippen LogP contribution in [0.5, 0.6) is 5.75 Å². The zero-order valence-electron chi connectivity index (χ0n) is 13.6. The van der Waals surface area contributed by atoms with Crippen LogP contribution in [-0.2, 0) is 9.59 Å². The minimum atomic E-state index is -0.810. The van der Waals surface area contributed by atoms with Crippen molar-refractivity contribution in [2.75, 3.05) is 6.61 Å². The molecule has 7 heteroatoms. The summed E-state index contributed by atoms with van der Waals surface area (Å²) < 4.78 is 5.46. The number of nitrogens with one attached hydrogen (secondary N) is 2. The molecule has 126 valence electrons. The highest BCUT2D eigenvalue weighted by Gasteiger charge is 2.14. The average molecular weight is 340 g/mol. The fraction of sp³-hybridized carbons (Fsp3) is 0.438. The van der Waals surface area contributed by atoms with E-state index in [1.165, 1.54) is 6.21 Å². The molecule has 0 unspecified atom stereocenters. The first-order valence-corrected chi connectivity index (χ1v) is 7.91. The van der Waals surface area contributed by atoms with E-state index >= 15 is 0 Å². The van der Waals surface area contributed by atoms with E-state index in [1.807, 2.05) is 20.8 Å². The van der Waals surface area contributed by atoms with Gasteiger partial charge in [0.2, 0.25) is 0 Å². The van der Waals surface area contributed by atoms with Gasteiger partial charge in [-0.05, 0) is 43.5 Å². The third-order valence-electron chi connectivity index (χ3n) is 2.99. The Morgan fingerprint density at radius 1 is 1.35 bits per heavy atom. The maximum Gasteiger partial charge on any atom is 0.329 e. The van der Waals surface area contributed by atoms with Gasteiger partial charge in [-0.15, -0.1) is 0 Å². The van der Waals surface area contributed by atoms with Gasteiger partial charge in [0.25, 0.3) is 0 Å². The van der Waals surface area contributed by atoms with Gasteiger partial charge in [-0.2, -0.15) is 5.10 Å². The summed E-state index contributed by atoms with van der Waals surface area (Å²) in [6.45, 7) is 6.33. The minimum Gasteiger partial charge on any atom is -0.492 e. The van der Waals surface area contributed by atoms with E-state index in [2.05, 4.69) is 15.8 Å². The van der Waals surface area contributed by atoms with E-state index in [1.54, 1.807) is 18.2 Å². The molecule has 1 rings (SSSR count). The number of benzene rings is 1. The van der Waals surface area contributed by atoms with Crippen LogP contribution in [0.4, 0.5) is 0 Å². The van der Waals surface area contributed by atoms with Crippen LogP contribution in [0.3, 0.4) is 0 Å². The molecule has 1 atom stereocenters. The number of rotatable bonds is 7. The second kappa shape index (κ2) is 9.84. The molecule has 0 heterocycles. The van der Waals surface area contributed by atoms with Crippen LogP contribution >= 0.6 is 11.6 Å². The van der Waals surface area contributed by atoms with Gasteiger partial charge in [0.1, 0.15) is 5.75 Å². The molecular formula is C16H22ClN3O3. The molecular weight excluding hydrogens is 318 g/mol. The number of hydrogen-bond acceptors (Lipinski definition) is 4. The van der Waals surface area contributed by atoms with Crippen molar-refractivity contribution >= 4 is 29.6 Å². The van der Waals surface area contributed by atoms with E-state index in [0.29, 0.717) is 22.9 Å². The molecule has 0 fully saturated rings. The van der Waals surface area contributed by atoms with Gasteiger partial charge in [-0.1, -0.05) is 25.4 Å². The molecule has 6 nitrogen and oxygen atoms in total. The van der Waals surface area contributed by atoms with Crippen LogP contribution < -0.4 is 15.5 Å². The van der Waals surface area contributed by atoms with Crippen molar-refractivity contribution in [3.63, 3.8) is 0 Å². The summed E-state index contributed by atoms with van der Waals surface area (Å²) in [5, 5.41) is 6.76. The molecule has 23 heavy (non-hydrogen) atoms. The maximum absolute atomic E-state index is 11.5. The minimum absolute atomic E-state index is 0.0632. The molecule has 0 saturated heterocycles. The Balaban J connectivity index is 2.56. The quantitative estimate of drug-likeness (QED) is 0.455. The lowest BCUT2D eigenvalue weighted by atomic mass is 10.2. The first-order valence-electron chi connectivity index (χ1n) is 7.54.